The highest BCUT2D eigenvalue weighted by Gasteiger charge is 2.43. The Bertz CT molecular complexity index is 124. The highest BCUT2D eigenvalue weighted by Crippen LogP contribution is 2.31. The molecule has 0 saturated heterocycles. The van der Waals surface area contributed by atoms with E-state index >= 15 is 0 Å². The Kier molecular flexibility index (Phi) is 2.54. The maximum Gasteiger partial charge on any atom is 0.278 e. The van der Waals surface area contributed by atoms with Gasteiger partial charge in [0.2, 0.25) is 0 Å². The van der Waals surface area contributed by atoms with Crippen LogP contribution in [0.4, 0.5) is 8.78 Å². The van der Waals surface area contributed by atoms with E-state index in [0.717, 1.165) is 19.9 Å². The molecule has 0 unspecified atom stereocenters. The van der Waals surface area contributed by atoms with Gasteiger partial charge in [0.05, 0.1) is 0 Å². The molecular weight excluding hydrogens is 138 g/mol. The molecule has 0 aromatic heterocycles. The molecule has 0 bridgehead atoms. The van der Waals surface area contributed by atoms with Crippen molar-refractivity contribution >= 4 is 0 Å². The number of halogens is 2. The average molecular weight is 150 g/mol. The Morgan fingerprint density at radius 3 is 2.00 bits per heavy atom. The van der Waals surface area contributed by atoms with E-state index in [1.165, 1.54) is 0 Å². The minimum absolute atomic E-state index is 0.490. The van der Waals surface area contributed by atoms with Crippen molar-refractivity contribution in [3.8, 4) is 0 Å². The number of aliphatic hydroxyl groups is 1. The summed E-state index contributed by atoms with van der Waals surface area (Å²) in [6.07, 6.45) is 0.606. The Morgan fingerprint density at radius 1 is 1.50 bits per heavy atom. The molecule has 3 heteroatoms. The molecule has 0 rings (SSSR count). The van der Waals surface area contributed by atoms with Gasteiger partial charge in [0.25, 0.3) is 5.92 Å². The zero-order valence-corrected chi connectivity index (χ0v) is 6.19. The topological polar surface area (TPSA) is 20.2 Å². The molecule has 0 amide bonds. The molecule has 60 valence electrons. The van der Waals surface area contributed by atoms with Crippen molar-refractivity contribution in [1.82, 2.24) is 0 Å². The van der Waals surface area contributed by atoms with Crippen LogP contribution >= 0.6 is 0 Å². The first kappa shape index (κ1) is 9.56. The van der Waals surface area contributed by atoms with Crippen molar-refractivity contribution in [2.45, 2.75) is 31.8 Å². The summed E-state index contributed by atoms with van der Waals surface area (Å²) in [4.78, 5) is 0. The highest BCUT2D eigenvalue weighted by atomic mass is 19.3. The highest BCUT2D eigenvalue weighted by molar-refractivity contribution is 4.90. The van der Waals surface area contributed by atoms with E-state index in [1.54, 1.807) is 0 Å². The number of hydrogen-bond donors (Lipinski definition) is 1. The molecule has 0 aliphatic rings. The predicted octanol–water partition coefficient (Wildman–Crippen LogP) is 1.97. The first-order valence-corrected chi connectivity index (χ1v) is 3.02. The maximum atomic E-state index is 12.6. The molecule has 0 aromatic rings. The van der Waals surface area contributed by atoms with Gasteiger partial charge in [-0.2, -0.15) is 0 Å². The van der Waals surface area contributed by atoms with Crippen molar-refractivity contribution in [3.63, 3.8) is 0 Å². The second-order valence-electron chi connectivity index (χ2n) is 2.76. The fourth-order valence-electron chi connectivity index (χ4n) is 0.431. The fraction of sp³-hybridized carbons (Fsp3) is 0.714. The minimum atomic E-state index is -3.07. The van der Waals surface area contributed by atoms with E-state index in [4.69, 9.17) is 5.11 Å². The lowest BCUT2D eigenvalue weighted by atomic mass is 9.98. The Labute approximate surface area is 59.4 Å². The second-order valence-corrected chi connectivity index (χ2v) is 2.76. The van der Waals surface area contributed by atoms with Crippen molar-refractivity contribution in [3.05, 3.63) is 12.7 Å². The van der Waals surface area contributed by atoms with Crippen LogP contribution in [0.1, 0.15) is 20.3 Å². The van der Waals surface area contributed by atoms with Crippen LogP contribution in [0.5, 0.6) is 0 Å². The zero-order valence-electron chi connectivity index (χ0n) is 6.19. The smallest absolute Gasteiger partial charge is 0.278 e. The van der Waals surface area contributed by atoms with Gasteiger partial charge in [0.1, 0.15) is 5.60 Å². The standard InChI is InChI=1S/C7H12F2O/c1-4-5-7(8,9)6(2,3)10/h4,10H,1,5H2,2-3H3. The van der Waals surface area contributed by atoms with Gasteiger partial charge >= 0.3 is 0 Å². The number of allylic oxidation sites excluding steroid dienone is 1. The third-order valence-electron chi connectivity index (χ3n) is 1.30. The van der Waals surface area contributed by atoms with E-state index in [0.29, 0.717) is 0 Å². The van der Waals surface area contributed by atoms with Gasteiger partial charge in [0, 0.05) is 6.42 Å². The van der Waals surface area contributed by atoms with Crippen LogP contribution in [0, 0.1) is 0 Å². The summed E-state index contributed by atoms with van der Waals surface area (Å²) >= 11 is 0. The van der Waals surface area contributed by atoms with Crippen molar-refractivity contribution in [2.24, 2.45) is 0 Å². The molecule has 0 aliphatic carbocycles. The summed E-state index contributed by atoms with van der Waals surface area (Å²) in [7, 11) is 0. The SMILES string of the molecule is C=CCC(F)(F)C(C)(C)O. The molecule has 0 fully saturated rings. The van der Waals surface area contributed by atoms with Gasteiger partial charge in [0.15, 0.2) is 0 Å². The molecule has 0 saturated carbocycles. The summed E-state index contributed by atoms with van der Waals surface area (Å²) in [5, 5.41) is 8.88. The summed E-state index contributed by atoms with van der Waals surface area (Å²) < 4.78 is 25.2. The minimum Gasteiger partial charge on any atom is -0.384 e. The third-order valence-corrected chi connectivity index (χ3v) is 1.30. The van der Waals surface area contributed by atoms with E-state index in [-0.39, 0.29) is 0 Å². The Morgan fingerprint density at radius 2 is 1.90 bits per heavy atom. The molecule has 0 radical (unpaired) electrons. The van der Waals surface area contributed by atoms with Crippen molar-refractivity contribution < 1.29 is 13.9 Å². The normalized spacial score (nSPS) is 13.3. The molecule has 1 N–H and O–H groups in total. The van der Waals surface area contributed by atoms with Crippen LogP contribution in [-0.4, -0.2) is 16.6 Å². The van der Waals surface area contributed by atoms with E-state index in [1.807, 2.05) is 0 Å². The van der Waals surface area contributed by atoms with Gasteiger partial charge in [-0.3, -0.25) is 0 Å². The summed E-state index contributed by atoms with van der Waals surface area (Å²) in [5.74, 6) is -3.07. The largest absolute Gasteiger partial charge is 0.384 e. The molecule has 0 aliphatic heterocycles. The summed E-state index contributed by atoms with van der Waals surface area (Å²) in [6.45, 7) is 5.33. The Balaban J connectivity index is 4.23. The van der Waals surface area contributed by atoms with Crippen LogP contribution in [-0.2, 0) is 0 Å². The fourth-order valence-corrected chi connectivity index (χ4v) is 0.431. The van der Waals surface area contributed by atoms with Crippen LogP contribution < -0.4 is 0 Å². The Hall–Kier alpha value is -0.440. The quantitative estimate of drug-likeness (QED) is 0.610. The van der Waals surface area contributed by atoms with Gasteiger partial charge in [-0.25, -0.2) is 8.78 Å². The molecule has 1 nitrogen and oxygen atoms in total. The van der Waals surface area contributed by atoms with Gasteiger partial charge in [-0.15, -0.1) is 6.58 Å². The lowest BCUT2D eigenvalue weighted by Crippen LogP contribution is -2.42. The van der Waals surface area contributed by atoms with Crippen molar-refractivity contribution in [1.29, 1.82) is 0 Å². The number of rotatable bonds is 3. The molecule has 0 spiro atoms. The molecule has 0 atom stereocenters. The van der Waals surface area contributed by atoms with Crippen LogP contribution in [0.2, 0.25) is 0 Å². The zero-order chi connectivity index (χ0) is 8.41. The monoisotopic (exact) mass is 150 g/mol. The van der Waals surface area contributed by atoms with Gasteiger partial charge < -0.3 is 5.11 Å². The van der Waals surface area contributed by atoms with E-state index in [9.17, 15) is 8.78 Å². The molecule has 0 aromatic carbocycles. The molecule has 10 heavy (non-hydrogen) atoms. The van der Waals surface area contributed by atoms with Crippen LogP contribution in [0.3, 0.4) is 0 Å². The first-order chi connectivity index (χ1) is 4.31. The van der Waals surface area contributed by atoms with Crippen molar-refractivity contribution in [2.75, 3.05) is 0 Å². The van der Waals surface area contributed by atoms with Gasteiger partial charge in [-0.05, 0) is 13.8 Å². The lowest BCUT2D eigenvalue weighted by molar-refractivity contribution is -0.158. The van der Waals surface area contributed by atoms with E-state index in [2.05, 4.69) is 6.58 Å². The maximum absolute atomic E-state index is 12.6. The average Bonchev–Trinajstić information content (AvgIpc) is 1.61. The molecular formula is C7H12F2O. The third kappa shape index (κ3) is 2.06. The second kappa shape index (κ2) is 2.66. The lowest BCUT2D eigenvalue weighted by Gasteiger charge is -2.27. The predicted molar refractivity (Wildman–Crippen MR) is 36.1 cm³/mol. The summed E-state index contributed by atoms with van der Waals surface area (Å²) in [6, 6.07) is 0. The van der Waals surface area contributed by atoms with Gasteiger partial charge in [-0.1, -0.05) is 6.08 Å². The summed E-state index contributed by atoms with van der Waals surface area (Å²) in [5.41, 5.74) is -1.96. The van der Waals surface area contributed by atoms with Crippen LogP contribution in [0.15, 0.2) is 12.7 Å². The number of alkyl halides is 2. The molecule has 0 heterocycles. The van der Waals surface area contributed by atoms with Crippen LogP contribution in [0.25, 0.3) is 0 Å². The number of hydrogen-bond acceptors (Lipinski definition) is 1. The first-order valence-electron chi connectivity index (χ1n) is 3.02. The van der Waals surface area contributed by atoms with E-state index < -0.39 is 17.9 Å².